The number of nitro benzene ring substituents is 1. The van der Waals surface area contributed by atoms with Crippen LogP contribution in [0.1, 0.15) is 5.56 Å². The molecule has 0 saturated carbocycles. The molecule has 2 rings (SSSR count). The summed E-state index contributed by atoms with van der Waals surface area (Å²) in [5.41, 5.74) is 0.652. The number of aromatic nitrogens is 1. The summed E-state index contributed by atoms with van der Waals surface area (Å²) in [4.78, 5) is 10.9. The number of hydrogen-bond acceptors (Lipinski definition) is 4. The Morgan fingerprint density at radius 1 is 1.29 bits per heavy atom. The van der Waals surface area contributed by atoms with E-state index in [-0.39, 0.29) is 5.69 Å². The first-order valence-electron chi connectivity index (χ1n) is 4.70. The molecule has 1 aromatic heterocycles. The lowest BCUT2D eigenvalue weighted by molar-refractivity contribution is -0.384. The maximum atomic E-state index is 10.5. The third kappa shape index (κ3) is 2.65. The van der Waals surface area contributed by atoms with Crippen molar-refractivity contribution < 1.29 is 4.92 Å². The SMILES string of the molecule is N#Cc1ccn(Sc2ccc([N+](=O)[O-])cc2)c1. The quantitative estimate of drug-likeness (QED) is 0.615. The fourth-order valence-corrected chi connectivity index (χ4v) is 2.04. The van der Waals surface area contributed by atoms with Gasteiger partial charge in [-0.1, -0.05) is 0 Å². The average Bonchev–Trinajstić information content (AvgIpc) is 2.77. The Balaban J connectivity index is 2.14. The van der Waals surface area contributed by atoms with E-state index in [1.165, 1.54) is 24.1 Å². The third-order valence-corrected chi connectivity index (χ3v) is 2.98. The molecule has 0 bridgehead atoms. The molecule has 5 nitrogen and oxygen atoms in total. The molecule has 6 heteroatoms. The Morgan fingerprint density at radius 2 is 2.00 bits per heavy atom. The van der Waals surface area contributed by atoms with Crippen LogP contribution in [0.4, 0.5) is 5.69 Å². The highest BCUT2D eigenvalue weighted by Gasteiger charge is 2.04. The van der Waals surface area contributed by atoms with Gasteiger partial charge in [0.15, 0.2) is 0 Å². The van der Waals surface area contributed by atoms with Crippen molar-refractivity contribution in [3.8, 4) is 6.07 Å². The van der Waals surface area contributed by atoms with Gasteiger partial charge in [0.05, 0.1) is 10.5 Å². The maximum Gasteiger partial charge on any atom is 0.269 e. The van der Waals surface area contributed by atoms with Crippen molar-refractivity contribution in [1.82, 2.24) is 3.97 Å². The summed E-state index contributed by atoms with van der Waals surface area (Å²) in [6.07, 6.45) is 3.47. The molecule has 0 unspecified atom stereocenters. The molecule has 0 amide bonds. The van der Waals surface area contributed by atoms with Crippen LogP contribution in [0.3, 0.4) is 0 Å². The Kier molecular flexibility index (Phi) is 3.12. The van der Waals surface area contributed by atoms with Crippen molar-refractivity contribution in [1.29, 1.82) is 5.26 Å². The molecule has 0 aliphatic rings. The van der Waals surface area contributed by atoms with E-state index in [9.17, 15) is 10.1 Å². The average molecular weight is 245 g/mol. The van der Waals surface area contributed by atoms with E-state index in [1.807, 2.05) is 6.07 Å². The smallest absolute Gasteiger partial charge is 0.269 e. The summed E-state index contributed by atoms with van der Waals surface area (Å²) in [5, 5.41) is 19.1. The molecule has 1 aromatic carbocycles. The van der Waals surface area contributed by atoms with Crippen molar-refractivity contribution in [2.45, 2.75) is 4.90 Å². The second-order valence-corrected chi connectivity index (χ2v) is 4.29. The minimum Gasteiger partial charge on any atom is -0.294 e. The fourth-order valence-electron chi connectivity index (χ4n) is 1.25. The third-order valence-electron chi connectivity index (χ3n) is 2.05. The first-order chi connectivity index (χ1) is 8.19. The number of non-ortho nitro benzene ring substituents is 1. The Hall–Kier alpha value is -2.26. The molecular weight excluding hydrogens is 238 g/mol. The van der Waals surface area contributed by atoms with E-state index in [0.29, 0.717) is 5.56 Å². The number of nitriles is 1. The van der Waals surface area contributed by atoms with Gasteiger partial charge in [-0.25, -0.2) is 0 Å². The summed E-state index contributed by atoms with van der Waals surface area (Å²) in [6, 6.07) is 10.0. The lowest BCUT2D eigenvalue weighted by Gasteiger charge is -2.00. The van der Waals surface area contributed by atoms with Crippen molar-refractivity contribution in [2.24, 2.45) is 0 Å². The maximum absolute atomic E-state index is 10.5. The minimum absolute atomic E-state index is 0.0690. The molecule has 0 radical (unpaired) electrons. The lowest BCUT2D eigenvalue weighted by Crippen LogP contribution is -1.87. The van der Waals surface area contributed by atoms with Crippen molar-refractivity contribution in [3.63, 3.8) is 0 Å². The number of nitrogens with zero attached hydrogens (tertiary/aromatic N) is 3. The van der Waals surface area contributed by atoms with Gasteiger partial charge in [0.25, 0.3) is 5.69 Å². The highest BCUT2D eigenvalue weighted by atomic mass is 32.2. The normalized spacial score (nSPS) is 9.82. The van der Waals surface area contributed by atoms with Gasteiger partial charge in [0, 0.05) is 29.4 Å². The monoisotopic (exact) mass is 245 g/mol. The van der Waals surface area contributed by atoms with Gasteiger partial charge >= 0.3 is 0 Å². The van der Waals surface area contributed by atoms with Crippen LogP contribution >= 0.6 is 11.9 Å². The lowest BCUT2D eigenvalue weighted by atomic mass is 10.3. The topological polar surface area (TPSA) is 71.9 Å². The first-order valence-corrected chi connectivity index (χ1v) is 5.47. The van der Waals surface area contributed by atoms with E-state index < -0.39 is 4.92 Å². The van der Waals surface area contributed by atoms with E-state index in [4.69, 9.17) is 5.26 Å². The highest BCUT2D eigenvalue weighted by Crippen LogP contribution is 2.23. The molecule has 17 heavy (non-hydrogen) atoms. The highest BCUT2D eigenvalue weighted by molar-refractivity contribution is 7.97. The second kappa shape index (κ2) is 4.72. The minimum atomic E-state index is -0.433. The van der Waals surface area contributed by atoms with Crippen molar-refractivity contribution in [2.75, 3.05) is 0 Å². The van der Waals surface area contributed by atoms with Gasteiger partial charge < -0.3 is 0 Å². The number of benzene rings is 1. The van der Waals surface area contributed by atoms with Crippen LogP contribution in [-0.4, -0.2) is 8.90 Å². The number of rotatable bonds is 3. The summed E-state index contributed by atoms with van der Waals surface area (Å²) in [7, 11) is 0. The van der Waals surface area contributed by atoms with Crippen LogP contribution in [0, 0.1) is 21.4 Å². The Bertz CT molecular complexity index is 584. The molecule has 2 aromatic rings. The summed E-state index contributed by atoms with van der Waals surface area (Å²) >= 11 is 1.39. The van der Waals surface area contributed by atoms with Crippen LogP contribution in [0.5, 0.6) is 0 Å². The first kappa shape index (κ1) is 11.2. The van der Waals surface area contributed by atoms with Gasteiger partial charge in [0.1, 0.15) is 6.07 Å². The van der Waals surface area contributed by atoms with Crippen LogP contribution < -0.4 is 0 Å². The van der Waals surface area contributed by atoms with E-state index >= 15 is 0 Å². The zero-order valence-electron chi connectivity index (χ0n) is 8.61. The van der Waals surface area contributed by atoms with Crippen LogP contribution in [0.2, 0.25) is 0 Å². The predicted molar refractivity (Wildman–Crippen MR) is 63.5 cm³/mol. The van der Waals surface area contributed by atoms with E-state index in [0.717, 1.165) is 4.90 Å². The molecule has 0 atom stereocenters. The van der Waals surface area contributed by atoms with E-state index in [2.05, 4.69) is 0 Å². The van der Waals surface area contributed by atoms with Gasteiger partial charge in [-0.3, -0.25) is 14.1 Å². The van der Waals surface area contributed by atoms with Crippen molar-refractivity contribution >= 4 is 17.6 Å². The zero-order valence-corrected chi connectivity index (χ0v) is 9.42. The largest absolute Gasteiger partial charge is 0.294 e. The molecular formula is C11H7N3O2S. The molecule has 0 fully saturated rings. The summed E-state index contributed by atoms with van der Waals surface area (Å²) in [6.45, 7) is 0. The molecule has 0 N–H and O–H groups in total. The molecule has 0 aliphatic carbocycles. The van der Waals surface area contributed by atoms with Crippen molar-refractivity contribution in [3.05, 3.63) is 58.4 Å². The number of nitro groups is 1. The van der Waals surface area contributed by atoms with Crippen LogP contribution in [-0.2, 0) is 0 Å². The van der Waals surface area contributed by atoms with Crippen LogP contribution in [0.15, 0.2) is 47.6 Å². The van der Waals surface area contributed by atoms with E-state index in [1.54, 1.807) is 34.6 Å². The number of hydrogen-bond donors (Lipinski definition) is 0. The Morgan fingerprint density at radius 3 is 2.53 bits per heavy atom. The molecule has 84 valence electrons. The summed E-state index contributed by atoms with van der Waals surface area (Å²) in [5.74, 6) is 0. The summed E-state index contributed by atoms with van der Waals surface area (Å²) < 4.78 is 1.78. The second-order valence-electron chi connectivity index (χ2n) is 3.21. The van der Waals surface area contributed by atoms with Gasteiger partial charge in [-0.05, 0) is 30.1 Å². The molecule has 0 saturated heterocycles. The van der Waals surface area contributed by atoms with Gasteiger partial charge in [0.2, 0.25) is 0 Å². The molecule has 1 heterocycles. The van der Waals surface area contributed by atoms with Gasteiger partial charge in [-0.15, -0.1) is 0 Å². The van der Waals surface area contributed by atoms with Gasteiger partial charge in [-0.2, -0.15) is 5.26 Å². The predicted octanol–water partition coefficient (Wildman–Crippen LogP) is 2.82. The zero-order chi connectivity index (χ0) is 12.3. The molecule has 0 spiro atoms. The standard InChI is InChI=1S/C11H7N3O2S/c12-7-9-5-6-13(8-9)17-11-3-1-10(2-4-11)14(15)16/h1-6,8H. The fraction of sp³-hybridized carbons (Fsp3) is 0. The molecule has 0 aliphatic heterocycles. The Labute approximate surface area is 102 Å². The van der Waals surface area contributed by atoms with Crippen LogP contribution in [0.25, 0.3) is 0 Å².